The minimum Gasteiger partial charge on any atom is -0.147 e. The van der Waals surface area contributed by atoms with Gasteiger partial charge in [-0.05, 0) is 0 Å². The van der Waals surface area contributed by atoms with E-state index in [1.165, 1.54) is 0 Å². The minimum atomic E-state index is 0. The van der Waals surface area contributed by atoms with Crippen LogP contribution in [-0.2, 0) is 0 Å². The van der Waals surface area contributed by atoms with Crippen LogP contribution in [0.3, 0.4) is 0 Å². The first-order chi connectivity index (χ1) is 0. The van der Waals surface area contributed by atoms with Crippen molar-refractivity contribution in [1.29, 1.82) is 0 Å². The van der Waals surface area contributed by atoms with Crippen molar-refractivity contribution in [2.45, 2.75) is 0 Å². The lowest BCUT2D eigenvalue weighted by Crippen LogP contribution is -0.381. The second-order valence-electron chi connectivity index (χ2n) is 0. The van der Waals surface area contributed by atoms with Crippen LogP contribution in [0.2, 0.25) is 0 Å². The molecule has 0 saturated heterocycles. The maximum atomic E-state index is 0. The quantitative estimate of drug-likeness (QED) is 0.471. The molecule has 0 aliphatic heterocycles. The molecule has 38 valence electrons. The van der Waals surface area contributed by atoms with Crippen LogP contribution in [0.5, 0.6) is 0 Å². The fourth-order valence-corrected chi connectivity index (χ4v) is 0. The molecule has 0 saturated carbocycles. The molecule has 0 fully saturated rings. The van der Waals surface area contributed by atoms with Crippen molar-refractivity contribution < 1.29 is 0 Å². The van der Waals surface area contributed by atoms with Crippen molar-refractivity contribution in [3.63, 3.8) is 0 Å². The van der Waals surface area contributed by atoms with Gasteiger partial charge in [0.15, 0.2) is 17.4 Å². The standard InChI is InChI=1S/Al.4ClH.3H/h;4*1H;;;. The number of hydrogen-bond donors (Lipinski definition) is 0. The molecular formula is H7AlCl4. The lowest BCUT2D eigenvalue weighted by Gasteiger charge is -0.148. The van der Waals surface area contributed by atoms with Crippen molar-refractivity contribution in [3.8, 4) is 0 Å². The monoisotopic (exact) mass is 174 g/mol. The summed E-state index contributed by atoms with van der Waals surface area (Å²) in [7, 11) is 0. The smallest absolute Gasteiger partial charge is 0.147 e. The molecule has 0 unspecified atom stereocenters. The molecule has 0 N–H and O–H groups in total. The second-order valence-corrected chi connectivity index (χ2v) is 0. The molecule has 5 heavy (non-hydrogen) atoms. The van der Waals surface area contributed by atoms with Crippen molar-refractivity contribution in [3.05, 3.63) is 0 Å². The maximum absolute atomic E-state index is 0. The molecule has 0 atom stereocenters. The van der Waals surface area contributed by atoms with E-state index < -0.39 is 0 Å². The fourth-order valence-electron chi connectivity index (χ4n) is 0. The highest BCUT2D eigenvalue weighted by molar-refractivity contribution is 5.86. The van der Waals surface area contributed by atoms with Gasteiger partial charge in [-0.3, -0.25) is 0 Å². The first-order valence-corrected chi connectivity index (χ1v) is 0. The molecule has 0 aliphatic carbocycles. The zero-order valence-corrected chi connectivity index (χ0v) is 4.90. The van der Waals surface area contributed by atoms with Crippen LogP contribution >= 0.6 is 49.6 Å². The molecule has 0 aliphatic rings. The molecule has 0 spiro atoms. The van der Waals surface area contributed by atoms with Crippen LogP contribution < -0.4 is 0 Å². The van der Waals surface area contributed by atoms with Crippen LogP contribution in [0, 0.1) is 0 Å². The zero-order chi connectivity index (χ0) is 0. The summed E-state index contributed by atoms with van der Waals surface area (Å²) in [6.07, 6.45) is 0. The highest BCUT2D eigenvalue weighted by Gasteiger charge is 0.187. The average Bonchev–Trinajstić information content (AvgIpc) is 0. The first kappa shape index (κ1) is 75.7. The van der Waals surface area contributed by atoms with E-state index in [2.05, 4.69) is 0 Å². The lowest BCUT2D eigenvalue weighted by atomic mass is 27.0. The van der Waals surface area contributed by atoms with E-state index in [4.69, 9.17) is 0 Å². The summed E-state index contributed by atoms with van der Waals surface area (Å²) in [4.78, 5) is 0. The summed E-state index contributed by atoms with van der Waals surface area (Å²) in [6, 6.07) is 0. The van der Waals surface area contributed by atoms with Gasteiger partial charge in [-0.2, -0.15) is 0 Å². The van der Waals surface area contributed by atoms with E-state index in [0.29, 0.717) is 0 Å². The summed E-state index contributed by atoms with van der Waals surface area (Å²) in [5.41, 5.74) is 0. The highest BCUT2D eigenvalue weighted by Crippen LogP contribution is 0.693. The Labute approximate surface area is 66.9 Å². The molecule has 5 heteroatoms. The summed E-state index contributed by atoms with van der Waals surface area (Å²) < 4.78 is 0. The Kier molecular flexibility index (Phi) is 663. The molecular weight excluding hydrogens is 169 g/mol. The van der Waals surface area contributed by atoms with Crippen molar-refractivity contribution in [2.75, 3.05) is 0 Å². The fraction of sp³-hybridized carbons (Fsp3) is 0. The summed E-state index contributed by atoms with van der Waals surface area (Å²) >= 11 is 0. The van der Waals surface area contributed by atoms with E-state index >= 15 is 0 Å². The Bertz CT molecular complexity index is 3.61. The first-order valence-electron chi connectivity index (χ1n) is 0. The highest BCUT2D eigenvalue weighted by atomic mass is 35.5. The average molecular weight is 176 g/mol. The van der Waals surface area contributed by atoms with Crippen LogP contribution in [0.15, 0.2) is 0 Å². The van der Waals surface area contributed by atoms with Gasteiger partial charge >= 0.3 is 0 Å². The molecule has 0 aromatic heterocycles. The SMILES string of the molecule is Cl.Cl.Cl.Cl.[AlH3]. The topological polar surface area (TPSA) is 0 Å². The third-order valence-corrected chi connectivity index (χ3v) is 0. The molecule has 0 rings (SSSR count). The summed E-state index contributed by atoms with van der Waals surface area (Å²) in [6.45, 7) is 0. The van der Waals surface area contributed by atoms with Crippen LogP contribution in [0.25, 0.3) is 0 Å². The van der Waals surface area contributed by atoms with Gasteiger partial charge in [0.25, 0.3) is 0 Å². The number of halogens is 4. The normalized spacial score (nSPS) is 0. The van der Waals surface area contributed by atoms with Gasteiger partial charge in [0.1, 0.15) is 0 Å². The minimum absolute atomic E-state index is 0. The molecule has 0 radical (unpaired) electrons. The number of rotatable bonds is 0. The Morgan fingerprint density at radius 3 is 0.400 bits per heavy atom. The lowest BCUT2D eigenvalue weighted by molar-refractivity contribution is 5.75. The van der Waals surface area contributed by atoms with Gasteiger partial charge in [-0.15, -0.1) is 49.6 Å². The van der Waals surface area contributed by atoms with Gasteiger partial charge in [0.05, 0.1) is 0 Å². The molecule has 0 aromatic carbocycles. The second kappa shape index (κ2) is 43.8. The van der Waals surface area contributed by atoms with Gasteiger partial charge in [0.2, 0.25) is 0 Å². The molecule has 0 heterocycles. The van der Waals surface area contributed by atoms with Gasteiger partial charge < -0.3 is 0 Å². The van der Waals surface area contributed by atoms with E-state index in [1.54, 1.807) is 0 Å². The Morgan fingerprint density at radius 1 is 0.400 bits per heavy atom. The predicted octanol–water partition coefficient (Wildman–Crippen LogP) is 0.503. The van der Waals surface area contributed by atoms with Crippen LogP contribution in [0.1, 0.15) is 0 Å². The largest absolute Gasteiger partial charge is 0.187 e. The van der Waals surface area contributed by atoms with Crippen molar-refractivity contribution in [1.82, 2.24) is 0 Å². The number of hydrogen-bond acceptors (Lipinski definition) is 0. The van der Waals surface area contributed by atoms with E-state index in [-0.39, 0.29) is 67.0 Å². The summed E-state index contributed by atoms with van der Waals surface area (Å²) in [5, 5.41) is 0. The van der Waals surface area contributed by atoms with Gasteiger partial charge in [0, 0.05) is 0 Å². The van der Waals surface area contributed by atoms with Gasteiger partial charge in [-0.1, -0.05) is 0 Å². The molecule has 0 aromatic rings. The Morgan fingerprint density at radius 2 is 0.400 bits per heavy atom. The third kappa shape index (κ3) is 27.1. The Hall–Kier alpha value is 1.69. The van der Waals surface area contributed by atoms with Crippen molar-refractivity contribution >= 4 is 67.0 Å². The zero-order valence-electron chi connectivity index (χ0n) is 1.63. The molecule has 0 nitrogen and oxygen atoms in total. The third-order valence-electron chi connectivity index (χ3n) is 0. The van der Waals surface area contributed by atoms with Gasteiger partial charge in [-0.25, -0.2) is 0 Å². The summed E-state index contributed by atoms with van der Waals surface area (Å²) in [5.74, 6) is 0. The Balaban J connectivity index is 0. The van der Waals surface area contributed by atoms with Crippen LogP contribution in [-0.4, -0.2) is 17.4 Å². The maximum Gasteiger partial charge on any atom is 0.187 e. The molecule has 0 amide bonds. The van der Waals surface area contributed by atoms with E-state index in [0.717, 1.165) is 0 Å². The van der Waals surface area contributed by atoms with E-state index in [1.807, 2.05) is 0 Å². The van der Waals surface area contributed by atoms with Crippen LogP contribution in [0.4, 0.5) is 0 Å². The predicted molar refractivity (Wildman–Crippen MR) is 38.9 cm³/mol. The van der Waals surface area contributed by atoms with E-state index in [9.17, 15) is 0 Å². The molecule has 0 bridgehead atoms. The van der Waals surface area contributed by atoms with Crippen molar-refractivity contribution in [2.24, 2.45) is 0 Å².